The molecule has 0 fully saturated rings. The average Bonchev–Trinajstić information content (AvgIpc) is 3.54. The van der Waals surface area contributed by atoms with E-state index >= 15 is 0 Å². The van der Waals surface area contributed by atoms with Crippen LogP contribution in [0.5, 0.6) is 0 Å². The van der Waals surface area contributed by atoms with Gasteiger partial charge in [-0.1, -0.05) is 49.4 Å². The molecular formula is C33H31FN8O4. The lowest BCUT2D eigenvalue weighted by Crippen LogP contribution is -2.40. The van der Waals surface area contributed by atoms with Gasteiger partial charge in [0.25, 0.3) is 0 Å². The van der Waals surface area contributed by atoms with Gasteiger partial charge in [-0.3, -0.25) is 9.59 Å². The summed E-state index contributed by atoms with van der Waals surface area (Å²) >= 11 is 0. The fourth-order valence-electron chi connectivity index (χ4n) is 5.73. The summed E-state index contributed by atoms with van der Waals surface area (Å²) in [4.78, 5) is 50.6. The number of aliphatic carboxylic acids is 1. The number of nitrogens with zero attached hydrogens (tertiary/aromatic N) is 5. The second-order valence-electron chi connectivity index (χ2n) is 11.3. The molecule has 6 rings (SSSR count). The average molecular weight is 623 g/mol. The van der Waals surface area contributed by atoms with Crippen LogP contribution in [0.2, 0.25) is 0 Å². The van der Waals surface area contributed by atoms with E-state index < -0.39 is 17.4 Å². The van der Waals surface area contributed by atoms with E-state index in [1.165, 1.54) is 6.07 Å². The van der Waals surface area contributed by atoms with Crippen LogP contribution in [0.25, 0.3) is 22.6 Å². The molecule has 0 radical (unpaired) electrons. The summed E-state index contributed by atoms with van der Waals surface area (Å²) in [6.45, 7) is 3.57. The summed E-state index contributed by atoms with van der Waals surface area (Å²) in [6.07, 6.45) is 2.42. The van der Waals surface area contributed by atoms with Crippen LogP contribution >= 0.6 is 0 Å². The van der Waals surface area contributed by atoms with Crippen LogP contribution in [-0.4, -0.2) is 53.7 Å². The first kappa shape index (κ1) is 30.3. The van der Waals surface area contributed by atoms with E-state index in [4.69, 9.17) is 10.8 Å². The Morgan fingerprint density at radius 1 is 1.11 bits per heavy atom. The molecule has 5 aromatic rings. The molecule has 4 heterocycles. The minimum Gasteiger partial charge on any atom is -0.480 e. The number of benzene rings is 2. The molecule has 0 saturated carbocycles. The number of aromatic nitrogens is 5. The third kappa shape index (κ3) is 5.40. The van der Waals surface area contributed by atoms with E-state index in [-0.39, 0.29) is 48.1 Å². The fourth-order valence-corrected chi connectivity index (χ4v) is 5.73. The summed E-state index contributed by atoms with van der Waals surface area (Å²) in [5, 5.41) is 19.9. The highest BCUT2D eigenvalue weighted by atomic mass is 19.1. The smallest absolute Gasteiger partial charge is 0.326 e. The van der Waals surface area contributed by atoms with Gasteiger partial charge in [0.15, 0.2) is 11.5 Å². The molecule has 0 spiro atoms. The van der Waals surface area contributed by atoms with E-state index in [0.717, 1.165) is 5.56 Å². The summed E-state index contributed by atoms with van der Waals surface area (Å²) in [5.74, 6) is -1.55. The molecule has 46 heavy (non-hydrogen) atoms. The van der Waals surface area contributed by atoms with Crippen LogP contribution in [0.1, 0.15) is 48.9 Å². The second-order valence-corrected chi connectivity index (χ2v) is 11.3. The molecule has 3 aromatic heterocycles. The van der Waals surface area contributed by atoms with Crippen molar-refractivity contribution in [3.8, 4) is 11.5 Å². The van der Waals surface area contributed by atoms with Crippen molar-refractivity contribution in [3.63, 3.8) is 0 Å². The number of halogens is 1. The van der Waals surface area contributed by atoms with Gasteiger partial charge in [-0.15, -0.1) is 0 Å². The number of pyridine rings is 1. The highest BCUT2D eigenvalue weighted by Gasteiger charge is 2.47. The second kappa shape index (κ2) is 12.0. The van der Waals surface area contributed by atoms with Crippen LogP contribution < -0.4 is 16.4 Å². The third-order valence-electron chi connectivity index (χ3n) is 8.33. The number of carboxylic acids is 1. The highest BCUT2D eigenvalue weighted by molar-refractivity contribution is 6.09. The number of hydrogen-bond acceptors (Lipinski definition) is 8. The molecule has 5 N–H and O–H groups in total. The van der Waals surface area contributed by atoms with Gasteiger partial charge < -0.3 is 21.5 Å². The Kier molecular flexibility index (Phi) is 7.90. The van der Waals surface area contributed by atoms with E-state index in [0.29, 0.717) is 46.3 Å². The molecule has 2 amide bonds. The lowest BCUT2D eigenvalue weighted by Gasteiger charge is -2.23. The maximum absolute atomic E-state index is 14.5. The molecule has 2 aromatic carbocycles. The number of nitrogen functional groups attached to an aromatic ring is 1. The first-order chi connectivity index (χ1) is 22.1. The van der Waals surface area contributed by atoms with Gasteiger partial charge in [0.05, 0.1) is 17.5 Å². The number of aryl methyl sites for hydroxylation is 1. The Labute approximate surface area is 262 Å². The Hall–Kier alpha value is -5.72. The number of nitrogens with two attached hydrogens (primary N) is 1. The number of nitrogens with one attached hydrogen (secondary N) is 2. The topological polar surface area (TPSA) is 178 Å². The number of carbonyl (C=O) groups excluding carboxylic acids is 2. The number of rotatable bonds is 10. The molecule has 1 aliphatic rings. The molecular weight excluding hydrogens is 591 g/mol. The lowest BCUT2D eigenvalue weighted by atomic mass is 9.77. The van der Waals surface area contributed by atoms with E-state index in [9.17, 15) is 18.8 Å². The number of anilines is 2. The summed E-state index contributed by atoms with van der Waals surface area (Å²) in [5.41, 5.74) is 8.61. The zero-order chi connectivity index (χ0) is 32.6. The molecule has 1 aliphatic heterocycles. The largest absolute Gasteiger partial charge is 0.480 e. The van der Waals surface area contributed by atoms with Crippen molar-refractivity contribution in [2.75, 3.05) is 11.1 Å². The molecule has 12 nitrogen and oxygen atoms in total. The highest BCUT2D eigenvalue weighted by Crippen LogP contribution is 2.45. The molecule has 13 heteroatoms. The van der Waals surface area contributed by atoms with Gasteiger partial charge >= 0.3 is 5.97 Å². The first-order valence-electron chi connectivity index (χ1n) is 14.8. The van der Waals surface area contributed by atoms with Crippen LogP contribution in [-0.2, 0) is 32.8 Å². The zero-order valence-corrected chi connectivity index (χ0v) is 25.1. The van der Waals surface area contributed by atoms with Gasteiger partial charge in [-0.2, -0.15) is 5.10 Å². The van der Waals surface area contributed by atoms with Crippen LogP contribution in [0.15, 0.2) is 66.9 Å². The van der Waals surface area contributed by atoms with E-state index in [1.54, 1.807) is 61.1 Å². The Balaban J connectivity index is 1.28. The van der Waals surface area contributed by atoms with Gasteiger partial charge in [-0.25, -0.2) is 28.8 Å². The Bertz CT molecular complexity index is 1990. The molecule has 0 aliphatic carbocycles. The number of carbonyl (C=O) groups is 3. The molecule has 2 atom stereocenters. The van der Waals surface area contributed by atoms with Crippen molar-refractivity contribution >= 4 is 40.5 Å². The van der Waals surface area contributed by atoms with Crippen molar-refractivity contribution in [3.05, 3.63) is 94.9 Å². The fraction of sp³-hybridized carbons (Fsp3) is 0.242. The predicted octanol–water partition coefficient (Wildman–Crippen LogP) is 3.83. The van der Waals surface area contributed by atoms with E-state index in [1.807, 2.05) is 18.2 Å². The van der Waals surface area contributed by atoms with Gasteiger partial charge in [-0.05, 0) is 49.1 Å². The standard InChI is InChI=1S/C33H31FN8O4/c1-3-23(31(44)45)37-24(43)15-12-18-10-13-20(14-11-18)33(2)25-27(35)38-29(39-28(25)40-32(33)46)26-21-8-6-16-36-30(21)42(41-26)17-19-7-4-5-9-22(19)34/h4-11,13-14,16,23H,3,12,15,17H2,1-2H3,(H,37,43)(H,44,45)(H3,35,38,39,40,46)/t23-,33+/m0/s1. The molecule has 0 saturated heterocycles. The number of hydrogen-bond donors (Lipinski definition) is 4. The minimum atomic E-state index is -1.20. The van der Waals surface area contributed by atoms with Gasteiger partial charge in [0.1, 0.15) is 34.6 Å². The van der Waals surface area contributed by atoms with Crippen molar-refractivity contribution in [2.24, 2.45) is 0 Å². The molecule has 0 bridgehead atoms. The Morgan fingerprint density at radius 2 is 1.87 bits per heavy atom. The van der Waals surface area contributed by atoms with Gasteiger partial charge in [0, 0.05) is 18.2 Å². The molecule has 234 valence electrons. The summed E-state index contributed by atoms with van der Waals surface area (Å²) in [6, 6.07) is 16.3. The normalized spacial score (nSPS) is 16.2. The maximum Gasteiger partial charge on any atom is 0.326 e. The number of carboxylic acid groups (broad SMARTS) is 1. The van der Waals surface area contributed by atoms with Crippen molar-refractivity contribution in [2.45, 2.75) is 51.1 Å². The van der Waals surface area contributed by atoms with Crippen LogP contribution in [0, 0.1) is 5.82 Å². The quantitative estimate of drug-likeness (QED) is 0.180. The monoisotopic (exact) mass is 622 g/mol. The van der Waals surface area contributed by atoms with Crippen LogP contribution in [0.4, 0.5) is 16.0 Å². The predicted molar refractivity (Wildman–Crippen MR) is 168 cm³/mol. The first-order valence-corrected chi connectivity index (χ1v) is 14.8. The SMILES string of the molecule is CC[C@H](NC(=O)CCc1ccc([C@@]2(C)C(=O)Nc3nc(-c4nn(Cc5ccccc5F)c5ncccc45)nc(N)c32)cc1)C(=O)O. The lowest BCUT2D eigenvalue weighted by molar-refractivity contribution is -0.141. The number of amides is 2. The zero-order valence-electron chi connectivity index (χ0n) is 25.1. The van der Waals surface area contributed by atoms with Crippen molar-refractivity contribution in [1.82, 2.24) is 30.0 Å². The maximum atomic E-state index is 14.5. The summed E-state index contributed by atoms with van der Waals surface area (Å²) in [7, 11) is 0. The van der Waals surface area contributed by atoms with Crippen LogP contribution in [0.3, 0.4) is 0 Å². The Morgan fingerprint density at radius 3 is 2.59 bits per heavy atom. The van der Waals surface area contributed by atoms with Crippen molar-refractivity contribution in [1.29, 1.82) is 0 Å². The third-order valence-corrected chi connectivity index (χ3v) is 8.33. The van der Waals surface area contributed by atoms with Gasteiger partial charge in [0.2, 0.25) is 11.8 Å². The molecule has 0 unspecified atom stereocenters. The summed E-state index contributed by atoms with van der Waals surface area (Å²) < 4.78 is 16.0. The van der Waals surface area contributed by atoms with E-state index in [2.05, 4.69) is 30.7 Å². The number of fused-ring (bicyclic) bond motifs is 2. The van der Waals surface area contributed by atoms with Crippen molar-refractivity contribution < 1.29 is 23.9 Å². The minimum absolute atomic E-state index is 0.103.